The lowest BCUT2D eigenvalue weighted by molar-refractivity contribution is 0.284. The summed E-state index contributed by atoms with van der Waals surface area (Å²) in [5.74, 6) is 18.3. The van der Waals surface area contributed by atoms with Gasteiger partial charge < -0.3 is 0 Å². The van der Waals surface area contributed by atoms with E-state index in [4.69, 9.17) is 12.8 Å². The highest BCUT2D eigenvalue weighted by molar-refractivity contribution is 5.04. The second kappa shape index (κ2) is 13.8. The minimum absolute atomic E-state index is 0.866. The molecule has 0 amide bonds. The monoisotopic (exact) mass is 308 g/mol. The molecule has 0 bridgehead atoms. The fourth-order valence-corrected chi connectivity index (χ4v) is 2.36. The van der Waals surface area contributed by atoms with Crippen molar-refractivity contribution >= 4 is 0 Å². The lowest BCUT2D eigenvalue weighted by atomic mass is 10.2. The second-order valence-electron chi connectivity index (χ2n) is 5.78. The smallest absolute Gasteiger partial charge is 0.0613 e. The number of hydrogen-bond donors (Lipinski definition) is 0. The zero-order valence-electron chi connectivity index (χ0n) is 14.2. The van der Waals surface area contributed by atoms with Crippen molar-refractivity contribution in [1.29, 1.82) is 0 Å². The molecule has 1 aliphatic heterocycles. The molecule has 0 aromatic carbocycles. The molecule has 0 radical (unpaired) electrons. The van der Waals surface area contributed by atoms with Crippen LogP contribution in [-0.4, -0.2) is 42.6 Å². The van der Waals surface area contributed by atoms with Crippen LogP contribution in [0.15, 0.2) is 0 Å². The van der Waals surface area contributed by atoms with Gasteiger partial charge in [0.1, 0.15) is 0 Å². The topological polar surface area (TPSA) is 6.48 Å². The van der Waals surface area contributed by atoms with Gasteiger partial charge in [-0.3, -0.25) is 9.80 Å². The van der Waals surface area contributed by atoms with Gasteiger partial charge in [0, 0.05) is 38.8 Å². The van der Waals surface area contributed by atoms with Gasteiger partial charge in [0.25, 0.3) is 0 Å². The SMILES string of the molecule is C#CCCCCC#CCN1CCN(CC#CCCCCC#C)C1. The van der Waals surface area contributed by atoms with Gasteiger partial charge in [-0.2, -0.15) is 0 Å². The molecule has 2 heteroatoms. The van der Waals surface area contributed by atoms with Crippen molar-refractivity contribution in [3.63, 3.8) is 0 Å². The first-order valence-electron chi connectivity index (χ1n) is 8.60. The number of nitrogens with zero attached hydrogens (tertiary/aromatic N) is 2. The Balaban J connectivity index is 2.05. The Morgan fingerprint density at radius 1 is 0.609 bits per heavy atom. The van der Waals surface area contributed by atoms with Crippen LogP contribution in [0.4, 0.5) is 0 Å². The van der Waals surface area contributed by atoms with Crippen LogP contribution in [0.2, 0.25) is 0 Å². The van der Waals surface area contributed by atoms with E-state index in [1.165, 1.54) is 0 Å². The third-order valence-electron chi connectivity index (χ3n) is 3.73. The zero-order valence-corrected chi connectivity index (χ0v) is 14.2. The van der Waals surface area contributed by atoms with Gasteiger partial charge in [-0.05, 0) is 25.7 Å². The van der Waals surface area contributed by atoms with E-state index in [0.29, 0.717) is 0 Å². The molecule has 0 aliphatic carbocycles. The van der Waals surface area contributed by atoms with Crippen LogP contribution >= 0.6 is 0 Å². The summed E-state index contributed by atoms with van der Waals surface area (Å²) in [6.07, 6.45) is 18.5. The first-order chi connectivity index (χ1) is 11.4. The van der Waals surface area contributed by atoms with Crippen molar-refractivity contribution < 1.29 is 0 Å². The average Bonchev–Trinajstić information content (AvgIpc) is 3.01. The summed E-state index contributed by atoms with van der Waals surface area (Å²) >= 11 is 0. The van der Waals surface area contributed by atoms with Crippen molar-refractivity contribution in [3.8, 4) is 48.4 Å². The zero-order chi connectivity index (χ0) is 16.6. The Kier molecular flexibility index (Phi) is 11.5. The Labute approximate surface area is 143 Å². The van der Waals surface area contributed by atoms with Crippen molar-refractivity contribution in [3.05, 3.63) is 0 Å². The van der Waals surface area contributed by atoms with E-state index < -0.39 is 0 Å². The highest BCUT2D eigenvalue weighted by atomic mass is 15.4. The van der Waals surface area contributed by atoms with Gasteiger partial charge >= 0.3 is 0 Å². The molecule has 1 aliphatic rings. The predicted molar refractivity (Wildman–Crippen MR) is 98.2 cm³/mol. The molecule has 0 spiro atoms. The first kappa shape index (κ1) is 19.2. The van der Waals surface area contributed by atoms with E-state index in [2.05, 4.69) is 45.3 Å². The summed E-state index contributed by atoms with van der Waals surface area (Å²) in [5.41, 5.74) is 0. The van der Waals surface area contributed by atoms with Gasteiger partial charge in [0.2, 0.25) is 0 Å². The van der Waals surface area contributed by atoms with Crippen LogP contribution < -0.4 is 0 Å². The molecule has 0 unspecified atom stereocenters. The molecule has 1 fully saturated rings. The minimum Gasteiger partial charge on any atom is -0.278 e. The largest absolute Gasteiger partial charge is 0.278 e. The summed E-state index contributed by atoms with van der Waals surface area (Å²) < 4.78 is 0. The van der Waals surface area contributed by atoms with E-state index in [1.807, 2.05) is 0 Å². The summed E-state index contributed by atoms with van der Waals surface area (Å²) in [6, 6.07) is 0. The summed E-state index contributed by atoms with van der Waals surface area (Å²) in [7, 11) is 0. The highest BCUT2D eigenvalue weighted by Crippen LogP contribution is 2.03. The van der Waals surface area contributed by atoms with E-state index in [0.717, 1.165) is 84.2 Å². The molecule has 0 atom stereocenters. The van der Waals surface area contributed by atoms with E-state index in [1.54, 1.807) is 0 Å². The Morgan fingerprint density at radius 3 is 1.48 bits per heavy atom. The third-order valence-corrected chi connectivity index (χ3v) is 3.73. The Hall–Kier alpha value is -1.84. The number of unbranched alkanes of at least 4 members (excludes halogenated alkanes) is 6. The van der Waals surface area contributed by atoms with Crippen molar-refractivity contribution in [1.82, 2.24) is 9.80 Å². The van der Waals surface area contributed by atoms with Crippen molar-refractivity contribution in [2.45, 2.75) is 51.4 Å². The first-order valence-corrected chi connectivity index (χ1v) is 8.60. The van der Waals surface area contributed by atoms with E-state index in [-0.39, 0.29) is 0 Å². The van der Waals surface area contributed by atoms with E-state index >= 15 is 0 Å². The molecule has 1 heterocycles. The maximum Gasteiger partial charge on any atom is 0.0613 e. The van der Waals surface area contributed by atoms with Gasteiger partial charge in [-0.1, -0.05) is 11.8 Å². The molecule has 0 N–H and O–H groups in total. The molecular weight excluding hydrogens is 280 g/mol. The van der Waals surface area contributed by atoms with Crippen LogP contribution in [0.25, 0.3) is 0 Å². The van der Waals surface area contributed by atoms with Crippen LogP contribution in [0.5, 0.6) is 0 Å². The lowest BCUT2D eigenvalue weighted by Gasteiger charge is -2.13. The molecule has 0 aromatic rings. The molecule has 23 heavy (non-hydrogen) atoms. The quantitative estimate of drug-likeness (QED) is 0.502. The lowest BCUT2D eigenvalue weighted by Crippen LogP contribution is -2.26. The number of hydrogen-bond acceptors (Lipinski definition) is 2. The Bertz CT molecular complexity index is 464. The molecule has 122 valence electrons. The molecule has 1 saturated heterocycles. The van der Waals surface area contributed by atoms with Gasteiger partial charge in [0.15, 0.2) is 0 Å². The Morgan fingerprint density at radius 2 is 1.04 bits per heavy atom. The summed E-state index contributed by atoms with van der Waals surface area (Å²) in [4.78, 5) is 4.76. The fraction of sp³-hybridized carbons (Fsp3) is 0.619. The highest BCUT2D eigenvalue weighted by Gasteiger charge is 2.17. The summed E-state index contributed by atoms with van der Waals surface area (Å²) in [5, 5.41) is 0. The third kappa shape index (κ3) is 10.5. The van der Waals surface area contributed by atoms with Crippen LogP contribution in [0.1, 0.15) is 51.4 Å². The van der Waals surface area contributed by atoms with Crippen molar-refractivity contribution in [2.75, 3.05) is 32.8 Å². The number of terminal acetylenes is 2. The second-order valence-corrected chi connectivity index (χ2v) is 5.78. The summed E-state index contributed by atoms with van der Waals surface area (Å²) in [6.45, 7) is 4.90. The van der Waals surface area contributed by atoms with Crippen LogP contribution in [0.3, 0.4) is 0 Å². The molecule has 0 aromatic heterocycles. The van der Waals surface area contributed by atoms with Crippen LogP contribution in [0, 0.1) is 48.4 Å². The maximum atomic E-state index is 5.22. The molecular formula is C21H28N2. The van der Waals surface area contributed by atoms with Gasteiger partial charge in [-0.15, -0.1) is 36.5 Å². The fourth-order valence-electron chi connectivity index (χ4n) is 2.36. The molecule has 0 saturated carbocycles. The predicted octanol–water partition coefficient (Wildman–Crippen LogP) is 2.96. The number of rotatable bonds is 8. The van der Waals surface area contributed by atoms with Crippen molar-refractivity contribution in [2.24, 2.45) is 0 Å². The maximum absolute atomic E-state index is 5.22. The van der Waals surface area contributed by atoms with Gasteiger partial charge in [0.05, 0.1) is 19.8 Å². The average molecular weight is 308 g/mol. The van der Waals surface area contributed by atoms with E-state index in [9.17, 15) is 0 Å². The van der Waals surface area contributed by atoms with Gasteiger partial charge in [-0.25, -0.2) is 0 Å². The standard InChI is InChI=1S/C21H28N2/c1-3-5-7-9-11-13-15-17-22-19-20-23(21-22)18-16-14-12-10-8-6-4-2/h1-2H,5-12,17-21H2. The minimum atomic E-state index is 0.866. The molecule has 2 nitrogen and oxygen atoms in total. The normalized spacial score (nSPS) is 14.2. The van der Waals surface area contributed by atoms with Crippen LogP contribution in [-0.2, 0) is 0 Å². The molecule has 1 rings (SSSR count).